The lowest BCUT2D eigenvalue weighted by Gasteiger charge is -2.32. The predicted molar refractivity (Wildman–Crippen MR) is 91.3 cm³/mol. The van der Waals surface area contributed by atoms with E-state index in [2.05, 4.69) is 26.0 Å². The second kappa shape index (κ2) is 6.73. The van der Waals surface area contributed by atoms with E-state index in [0.29, 0.717) is 18.9 Å². The Kier molecular flexibility index (Phi) is 4.69. The minimum absolute atomic E-state index is 0.0673. The fourth-order valence-electron chi connectivity index (χ4n) is 3.68. The van der Waals surface area contributed by atoms with E-state index in [1.807, 2.05) is 17.0 Å². The minimum atomic E-state index is -0.182. The third-order valence-corrected chi connectivity index (χ3v) is 5.10. The molecule has 0 bridgehead atoms. The van der Waals surface area contributed by atoms with Gasteiger partial charge in [0.1, 0.15) is 0 Å². The first-order valence-corrected chi connectivity index (χ1v) is 8.76. The normalized spacial score (nSPS) is 25.0. The van der Waals surface area contributed by atoms with Crippen LogP contribution in [-0.2, 0) is 16.0 Å². The first-order valence-electron chi connectivity index (χ1n) is 8.76. The molecule has 4 nitrogen and oxygen atoms in total. The first-order chi connectivity index (χ1) is 11.1. The fourth-order valence-corrected chi connectivity index (χ4v) is 3.68. The van der Waals surface area contributed by atoms with Crippen LogP contribution in [0, 0.1) is 11.8 Å². The number of piperidine rings is 1. The molecule has 0 saturated carbocycles. The molecular formula is C19H26N2O2. The van der Waals surface area contributed by atoms with E-state index in [9.17, 15) is 9.59 Å². The Morgan fingerprint density at radius 1 is 1.22 bits per heavy atom. The summed E-state index contributed by atoms with van der Waals surface area (Å²) in [6, 6.07) is 8.10. The van der Waals surface area contributed by atoms with Crippen molar-refractivity contribution in [2.24, 2.45) is 11.8 Å². The number of aryl methyl sites for hydroxylation is 1. The van der Waals surface area contributed by atoms with Crippen LogP contribution in [0.25, 0.3) is 0 Å². The van der Waals surface area contributed by atoms with Crippen LogP contribution in [0.4, 0.5) is 5.69 Å². The summed E-state index contributed by atoms with van der Waals surface area (Å²) in [6.07, 6.45) is 3.61. The van der Waals surface area contributed by atoms with Crippen LogP contribution in [0.1, 0.15) is 38.7 Å². The lowest BCUT2D eigenvalue weighted by molar-refractivity contribution is -0.137. The van der Waals surface area contributed by atoms with Crippen LogP contribution in [-0.4, -0.2) is 36.3 Å². The molecule has 0 N–H and O–H groups in total. The molecule has 1 aromatic carbocycles. The van der Waals surface area contributed by atoms with Gasteiger partial charge in [-0.3, -0.25) is 9.59 Å². The van der Waals surface area contributed by atoms with Gasteiger partial charge in [-0.2, -0.15) is 0 Å². The van der Waals surface area contributed by atoms with Crippen molar-refractivity contribution in [1.29, 1.82) is 0 Å². The van der Waals surface area contributed by atoms with E-state index in [0.717, 1.165) is 31.6 Å². The maximum Gasteiger partial charge on any atom is 0.228 e. The summed E-state index contributed by atoms with van der Waals surface area (Å²) in [7, 11) is 0. The molecule has 2 amide bonds. The quantitative estimate of drug-likeness (QED) is 0.861. The molecule has 0 aromatic heterocycles. The Labute approximate surface area is 138 Å². The average Bonchev–Trinajstić information content (AvgIpc) is 2.96. The third-order valence-electron chi connectivity index (χ3n) is 5.10. The number of carbonyl (C=O) groups excluding carboxylic acids is 2. The highest BCUT2D eigenvalue weighted by Gasteiger charge is 2.37. The van der Waals surface area contributed by atoms with Crippen LogP contribution in [0.15, 0.2) is 24.3 Å². The monoisotopic (exact) mass is 314 g/mol. The van der Waals surface area contributed by atoms with Gasteiger partial charge in [-0.25, -0.2) is 0 Å². The van der Waals surface area contributed by atoms with Crippen LogP contribution in [0.2, 0.25) is 0 Å². The largest absolute Gasteiger partial charge is 0.342 e. The fraction of sp³-hybridized carbons (Fsp3) is 0.579. The van der Waals surface area contributed by atoms with Gasteiger partial charge < -0.3 is 9.80 Å². The second-order valence-corrected chi connectivity index (χ2v) is 6.96. The Hall–Kier alpha value is -1.84. The number of amides is 2. The van der Waals surface area contributed by atoms with Crippen LogP contribution < -0.4 is 4.90 Å². The number of benzene rings is 1. The summed E-state index contributed by atoms with van der Waals surface area (Å²) < 4.78 is 0. The molecule has 2 fully saturated rings. The summed E-state index contributed by atoms with van der Waals surface area (Å²) >= 11 is 0. The smallest absolute Gasteiger partial charge is 0.228 e. The highest BCUT2D eigenvalue weighted by molar-refractivity contribution is 6.00. The lowest BCUT2D eigenvalue weighted by atomic mass is 9.98. The molecule has 2 heterocycles. The Morgan fingerprint density at radius 2 is 1.96 bits per heavy atom. The van der Waals surface area contributed by atoms with Crippen LogP contribution in [0.3, 0.4) is 0 Å². The highest BCUT2D eigenvalue weighted by Crippen LogP contribution is 2.28. The maximum atomic E-state index is 12.7. The molecule has 0 aliphatic carbocycles. The topological polar surface area (TPSA) is 40.6 Å². The molecule has 0 radical (unpaired) electrons. The number of hydrogen-bond acceptors (Lipinski definition) is 2. The number of likely N-dealkylation sites (tertiary alicyclic amines) is 1. The van der Waals surface area contributed by atoms with Gasteiger partial charge in [-0.15, -0.1) is 0 Å². The molecule has 124 valence electrons. The van der Waals surface area contributed by atoms with Crippen molar-refractivity contribution in [1.82, 2.24) is 4.90 Å². The van der Waals surface area contributed by atoms with E-state index in [1.54, 1.807) is 4.90 Å². The molecule has 2 aliphatic rings. The lowest BCUT2D eigenvalue weighted by Crippen LogP contribution is -2.43. The summed E-state index contributed by atoms with van der Waals surface area (Å²) in [5.41, 5.74) is 2.17. The minimum Gasteiger partial charge on any atom is -0.342 e. The number of carbonyl (C=O) groups is 2. The van der Waals surface area contributed by atoms with E-state index < -0.39 is 0 Å². The summed E-state index contributed by atoms with van der Waals surface area (Å²) in [4.78, 5) is 28.8. The predicted octanol–water partition coefficient (Wildman–Crippen LogP) is 2.86. The van der Waals surface area contributed by atoms with Crippen molar-refractivity contribution < 1.29 is 9.59 Å². The van der Waals surface area contributed by atoms with Crippen molar-refractivity contribution in [2.75, 3.05) is 24.5 Å². The van der Waals surface area contributed by atoms with Gasteiger partial charge in [0.25, 0.3) is 0 Å². The molecule has 23 heavy (non-hydrogen) atoms. The Morgan fingerprint density at radius 3 is 2.61 bits per heavy atom. The van der Waals surface area contributed by atoms with Gasteiger partial charge in [0.15, 0.2) is 0 Å². The second-order valence-electron chi connectivity index (χ2n) is 6.96. The SMILES string of the molecule is CCc1ccc(N2C[C@H](C(=O)N3CCC[C@H](C)C3)CC2=O)cc1. The van der Waals surface area contributed by atoms with E-state index in [4.69, 9.17) is 0 Å². The van der Waals surface area contributed by atoms with Crippen molar-refractivity contribution in [3.8, 4) is 0 Å². The van der Waals surface area contributed by atoms with Crippen molar-refractivity contribution >= 4 is 17.5 Å². The van der Waals surface area contributed by atoms with Crippen LogP contribution in [0.5, 0.6) is 0 Å². The van der Waals surface area contributed by atoms with Gasteiger partial charge in [0.05, 0.1) is 5.92 Å². The van der Waals surface area contributed by atoms with Crippen LogP contribution >= 0.6 is 0 Å². The average molecular weight is 314 g/mol. The van der Waals surface area contributed by atoms with E-state index in [1.165, 1.54) is 12.0 Å². The molecule has 0 spiro atoms. The summed E-state index contributed by atoms with van der Waals surface area (Å²) in [6.45, 7) is 6.52. The molecule has 2 atom stereocenters. The summed E-state index contributed by atoms with van der Waals surface area (Å²) in [5, 5.41) is 0. The van der Waals surface area contributed by atoms with Crippen molar-refractivity contribution in [2.45, 2.75) is 39.5 Å². The molecule has 0 unspecified atom stereocenters. The molecule has 1 aromatic rings. The zero-order valence-corrected chi connectivity index (χ0v) is 14.1. The molecule has 4 heteroatoms. The molecule has 2 aliphatic heterocycles. The number of nitrogens with zero attached hydrogens (tertiary/aromatic N) is 2. The van der Waals surface area contributed by atoms with Gasteiger partial charge in [0.2, 0.25) is 11.8 Å². The number of anilines is 1. The third kappa shape index (κ3) is 3.41. The van der Waals surface area contributed by atoms with Gasteiger partial charge in [-0.05, 0) is 42.9 Å². The summed E-state index contributed by atoms with van der Waals surface area (Å²) in [5.74, 6) is 0.622. The standard InChI is InChI=1S/C19H26N2O2/c1-3-15-6-8-17(9-7-15)21-13-16(11-18(21)22)19(23)20-10-4-5-14(2)12-20/h6-9,14,16H,3-5,10-13H2,1-2H3/t14-,16+/m0/s1. The number of rotatable bonds is 3. The van der Waals surface area contributed by atoms with E-state index >= 15 is 0 Å². The molecule has 2 saturated heterocycles. The zero-order chi connectivity index (χ0) is 16.4. The van der Waals surface area contributed by atoms with Crippen molar-refractivity contribution in [3.05, 3.63) is 29.8 Å². The zero-order valence-electron chi connectivity index (χ0n) is 14.1. The number of hydrogen-bond donors (Lipinski definition) is 0. The van der Waals surface area contributed by atoms with E-state index in [-0.39, 0.29) is 17.7 Å². The highest BCUT2D eigenvalue weighted by atomic mass is 16.2. The Balaban J connectivity index is 1.67. The van der Waals surface area contributed by atoms with Gasteiger partial charge in [-0.1, -0.05) is 26.0 Å². The molecular weight excluding hydrogens is 288 g/mol. The molecule has 3 rings (SSSR count). The van der Waals surface area contributed by atoms with Gasteiger partial charge in [0, 0.05) is 31.7 Å². The Bertz CT molecular complexity index is 582. The first kappa shape index (κ1) is 16.0. The van der Waals surface area contributed by atoms with Gasteiger partial charge >= 0.3 is 0 Å². The maximum absolute atomic E-state index is 12.7. The van der Waals surface area contributed by atoms with Crippen molar-refractivity contribution in [3.63, 3.8) is 0 Å².